The Morgan fingerprint density at radius 1 is 0.943 bits per heavy atom. The summed E-state index contributed by atoms with van der Waals surface area (Å²) in [5, 5.41) is 9.28. The van der Waals surface area contributed by atoms with E-state index in [0.29, 0.717) is 16.9 Å². The van der Waals surface area contributed by atoms with Crippen molar-refractivity contribution in [2.75, 3.05) is 19.0 Å². The Hall–Kier alpha value is -4.17. The Balaban J connectivity index is 1.34. The Bertz CT molecular complexity index is 1380. The van der Waals surface area contributed by atoms with Crippen LogP contribution < -0.4 is 20.2 Å². The molecule has 4 rings (SSSR count). The van der Waals surface area contributed by atoms with Gasteiger partial charge in [-0.25, -0.2) is 10.2 Å². The Labute approximate surface area is 210 Å². The summed E-state index contributed by atoms with van der Waals surface area (Å²) in [5.74, 6) is -0.145. The van der Waals surface area contributed by atoms with Gasteiger partial charge in [0, 0.05) is 15.5 Å². The van der Waals surface area contributed by atoms with E-state index in [4.69, 9.17) is 9.47 Å². The van der Waals surface area contributed by atoms with Crippen LogP contribution in [0.3, 0.4) is 0 Å². The first-order valence-corrected chi connectivity index (χ1v) is 11.5. The van der Waals surface area contributed by atoms with E-state index in [1.54, 1.807) is 42.5 Å². The number of halogens is 1. The van der Waals surface area contributed by atoms with Gasteiger partial charge in [0.2, 0.25) is 0 Å². The van der Waals surface area contributed by atoms with Crippen LogP contribution in [0.25, 0.3) is 10.8 Å². The molecule has 0 aliphatic heterocycles. The molecule has 2 N–H and O–H groups in total. The summed E-state index contributed by atoms with van der Waals surface area (Å²) in [6.45, 7) is 0.0691. The van der Waals surface area contributed by atoms with Gasteiger partial charge in [-0.2, -0.15) is 5.10 Å². The molecule has 4 aromatic carbocycles. The van der Waals surface area contributed by atoms with Crippen molar-refractivity contribution in [2.24, 2.45) is 5.10 Å². The highest BCUT2D eigenvalue weighted by atomic mass is 79.9. The van der Waals surface area contributed by atoms with Crippen LogP contribution in [0.4, 0.5) is 5.69 Å². The molecule has 0 saturated heterocycles. The second kappa shape index (κ2) is 11.3. The lowest BCUT2D eigenvalue weighted by atomic mass is 10.1. The fraction of sp³-hybridized carbons (Fsp3) is 0.0741. The van der Waals surface area contributed by atoms with Crippen molar-refractivity contribution in [3.63, 3.8) is 0 Å². The molecule has 0 aromatic heterocycles. The van der Waals surface area contributed by atoms with Crippen molar-refractivity contribution in [1.82, 2.24) is 5.43 Å². The van der Waals surface area contributed by atoms with E-state index in [0.717, 1.165) is 20.9 Å². The van der Waals surface area contributed by atoms with Crippen molar-refractivity contribution in [3.8, 4) is 11.5 Å². The molecule has 0 unspecified atom stereocenters. The summed E-state index contributed by atoms with van der Waals surface area (Å²) in [6.07, 6.45) is 1.48. The molecule has 0 aliphatic rings. The lowest BCUT2D eigenvalue weighted by Gasteiger charge is -2.10. The Morgan fingerprint density at radius 2 is 1.71 bits per heavy atom. The number of hydrogen-bond acceptors (Lipinski definition) is 6. The SMILES string of the molecule is COc1cc(/C=N/NC(=O)CNc2cccc3ccccc23)ccc1OC(=O)c1ccc(Br)cc1. The molecular formula is C27H22BrN3O4. The number of nitrogens with one attached hydrogen (secondary N) is 2. The molecule has 0 heterocycles. The predicted molar refractivity (Wildman–Crippen MR) is 140 cm³/mol. The van der Waals surface area contributed by atoms with Crippen LogP contribution in [0.15, 0.2) is 94.5 Å². The zero-order valence-electron chi connectivity index (χ0n) is 18.8. The number of esters is 1. The number of hydrazone groups is 1. The second-order valence-electron chi connectivity index (χ2n) is 7.48. The molecule has 0 bridgehead atoms. The fourth-order valence-corrected chi connectivity index (χ4v) is 3.63. The molecule has 0 aliphatic carbocycles. The number of nitrogens with zero attached hydrogens (tertiary/aromatic N) is 1. The minimum Gasteiger partial charge on any atom is -0.493 e. The maximum Gasteiger partial charge on any atom is 0.343 e. The van der Waals surface area contributed by atoms with Gasteiger partial charge in [-0.1, -0.05) is 52.3 Å². The van der Waals surface area contributed by atoms with Crippen molar-refractivity contribution in [3.05, 3.63) is 101 Å². The molecule has 0 fully saturated rings. The maximum absolute atomic E-state index is 12.4. The standard InChI is InChI=1S/C27H22BrN3O4/c1-34-25-15-18(9-14-24(25)35-27(33)20-10-12-21(28)13-11-20)16-30-31-26(32)17-29-23-8-4-6-19-5-2-3-7-22(19)23/h2-16,29H,17H2,1H3,(H,31,32)/b30-16+. The molecule has 176 valence electrons. The van der Waals surface area contributed by atoms with Crippen LogP contribution in [0.5, 0.6) is 11.5 Å². The van der Waals surface area contributed by atoms with E-state index >= 15 is 0 Å². The number of anilines is 1. The van der Waals surface area contributed by atoms with E-state index in [9.17, 15) is 9.59 Å². The van der Waals surface area contributed by atoms with Crippen LogP contribution in [-0.4, -0.2) is 31.7 Å². The van der Waals surface area contributed by atoms with E-state index in [-0.39, 0.29) is 18.2 Å². The van der Waals surface area contributed by atoms with Gasteiger partial charge in [0.1, 0.15) is 0 Å². The monoisotopic (exact) mass is 531 g/mol. The Morgan fingerprint density at radius 3 is 2.51 bits per heavy atom. The number of hydrogen-bond donors (Lipinski definition) is 2. The Kier molecular flexibility index (Phi) is 7.74. The van der Waals surface area contributed by atoms with Crippen LogP contribution in [0, 0.1) is 0 Å². The molecule has 35 heavy (non-hydrogen) atoms. The van der Waals surface area contributed by atoms with E-state index in [2.05, 4.69) is 31.8 Å². The van der Waals surface area contributed by atoms with Gasteiger partial charge >= 0.3 is 5.97 Å². The number of amides is 1. The number of fused-ring (bicyclic) bond motifs is 1. The number of methoxy groups -OCH3 is 1. The topological polar surface area (TPSA) is 89.0 Å². The first kappa shape index (κ1) is 24.0. The summed E-state index contributed by atoms with van der Waals surface area (Å²) < 4.78 is 11.7. The van der Waals surface area contributed by atoms with Gasteiger partial charge in [0.25, 0.3) is 5.91 Å². The van der Waals surface area contributed by atoms with Crippen molar-refractivity contribution in [1.29, 1.82) is 0 Å². The van der Waals surface area contributed by atoms with Crippen LogP contribution in [0.2, 0.25) is 0 Å². The molecule has 8 heteroatoms. The van der Waals surface area contributed by atoms with Gasteiger partial charge in [0.15, 0.2) is 11.5 Å². The van der Waals surface area contributed by atoms with Crippen LogP contribution >= 0.6 is 15.9 Å². The smallest absolute Gasteiger partial charge is 0.343 e. The zero-order valence-corrected chi connectivity index (χ0v) is 20.4. The lowest BCUT2D eigenvalue weighted by molar-refractivity contribution is -0.119. The molecule has 0 radical (unpaired) electrons. The zero-order chi connectivity index (χ0) is 24.6. The van der Waals surface area contributed by atoms with Gasteiger partial charge in [-0.15, -0.1) is 0 Å². The average molecular weight is 532 g/mol. The molecular weight excluding hydrogens is 510 g/mol. The summed E-state index contributed by atoms with van der Waals surface area (Å²) in [4.78, 5) is 24.6. The summed E-state index contributed by atoms with van der Waals surface area (Å²) >= 11 is 3.34. The number of rotatable bonds is 8. The maximum atomic E-state index is 12.4. The van der Waals surface area contributed by atoms with Gasteiger partial charge in [0.05, 0.1) is 25.4 Å². The predicted octanol–water partition coefficient (Wildman–Crippen LogP) is 5.39. The molecule has 1 amide bonds. The molecule has 0 atom stereocenters. The third kappa shape index (κ3) is 6.24. The summed E-state index contributed by atoms with van der Waals surface area (Å²) in [6, 6.07) is 25.7. The summed E-state index contributed by atoms with van der Waals surface area (Å²) in [5.41, 5.74) is 4.45. The number of benzene rings is 4. The summed E-state index contributed by atoms with van der Waals surface area (Å²) in [7, 11) is 1.48. The molecule has 0 saturated carbocycles. The van der Waals surface area contributed by atoms with Gasteiger partial charge in [-0.3, -0.25) is 4.79 Å². The third-order valence-electron chi connectivity index (χ3n) is 5.10. The number of ether oxygens (including phenoxy) is 2. The lowest BCUT2D eigenvalue weighted by Crippen LogP contribution is -2.25. The molecule has 7 nitrogen and oxygen atoms in total. The average Bonchev–Trinajstić information content (AvgIpc) is 2.88. The van der Waals surface area contributed by atoms with Crippen molar-refractivity contribution >= 4 is 50.5 Å². The van der Waals surface area contributed by atoms with Crippen molar-refractivity contribution < 1.29 is 19.1 Å². The first-order valence-electron chi connectivity index (χ1n) is 10.7. The largest absolute Gasteiger partial charge is 0.493 e. The quantitative estimate of drug-likeness (QED) is 0.138. The minimum absolute atomic E-state index is 0.0691. The van der Waals surface area contributed by atoms with Crippen LogP contribution in [0.1, 0.15) is 15.9 Å². The van der Waals surface area contributed by atoms with E-state index in [1.165, 1.54) is 13.3 Å². The van der Waals surface area contributed by atoms with Gasteiger partial charge < -0.3 is 14.8 Å². The molecule has 4 aromatic rings. The fourth-order valence-electron chi connectivity index (χ4n) is 3.37. The van der Waals surface area contributed by atoms with Crippen LogP contribution in [-0.2, 0) is 4.79 Å². The highest BCUT2D eigenvalue weighted by Gasteiger charge is 2.13. The van der Waals surface area contributed by atoms with Gasteiger partial charge in [-0.05, 0) is 59.5 Å². The van der Waals surface area contributed by atoms with Crippen molar-refractivity contribution in [2.45, 2.75) is 0 Å². The second-order valence-corrected chi connectivity index (χ2v) is 8.40. The molecule has 0 spiro atoms. The number of carbonyl (C=O) groups is 2. The highest BCUT2D eigenvalue weighted by Crippen LogP contribution is 2.28. The third-order valence-corrected chi connectivity index (χ3v) is 5.63. The minimum atomic E-state index is -0.497. The normalized spacial score (nSPS) is 10.8. The highest BCUT2D eigenvalue weighted by molar-refractivity contribution is 9.10. The first-order chi connectivity index (χ1) is 17.0. The number of carbonyl (C=O) groups excluding carboxylic acids is 2. The van der Waals surface area contributed by atoms with E-state index < -0.39 is 5.97 Å². The van der Waals surface area contributed by atoms with E-state index in [1.807, 2.05) is 42.5 Å².